The van der Waals surface area contributed by atoms with Crippen molar-refractivity contribution in [3.63, 3.8) is 0 Å². The zero-order chi connectivity index (χ0) is 19.6. The highest BCUT2D eigenvalue weighted by atomic mass is 35.5. The smallest absolute Gasteiger partial charge is 0.226 e. The standard InChI is InChI=1S/C22H33ClN4O/c1-2-25-10-7-22(8-11-25)17-19(24-21(22)28)6-9-26-12-14-27(15-13-26)20-5-3-4-18(23)16-20/h3-5,16,19H,2,6-15,17H2,1H3,(H,24,28)/t19-/m0/s1. The Balaban J connectivity index is 1.22. The monoisotopic (exact) mass is 404 g/mol. The molecule has 0 radical (unpaired) electrons. The first-order valence-corrected chi connectivity index (χ1v) is 11.2. The van der Waals surface area contributed by atoms with Gasteiger partial charge in [0.1, 0.15) is 0 Å². The normalized spacial score (nSPS) is 26.0. The van der Waals surface area contributed by atoms with Gasteiger partial charge in [-0.1, -0.05) is 24.6 Å². The summed E-state index contributed by atoms with van der Waals surface area (Å²) in [6.45, 7) is 10.7. The van der Waals surface area contributed by atoms with Crippen LogP contribution in [-0.4, -0.2) is 74.1 Å². The molecule has 1 N–H and O–H groups in total. The van der Waals surface area contributed by atoms with Crippen molar-refractivity contribution in [2.24, 2.45) is 5.41 Å². The Labute approximate surface area is 174 Å². The van der Waals surface area contributed by atoms with Gasteiger partial charge in [0.05, 0.1) is 5.41 Å². The lowest BCUT2D eigenvalue weighted by atomic mass is 9.75. The van der Waals surface area contributed by atoms with Crippen LogP contribution in [0.5, 0.6) is 0 Å². The first-order chi connectivity index (χ1) is 13.6. The Hall–Kier alpha value is -1.30. The molecule has 0 saturated carbocycles. The number of halogens is 1. The summed E-state index contributed by atoms with van der Waals surface area (Å²) in [6, 6.07) is 8.49. The molecule has 0 aliphatic carbocycles. The summed E-state index contributed by atoms with van der Waals surface area (Å²) in [6.07, 6.45) is 4.16. The number of likely N-dealkylation sites (tertiary alicyclic amines) is 1. The molecule has 3 heterocycles. The van der Waals surface area contributed by atoms with Gasteiger partial charge in [0.25, 0.3) is 0 Å². The minimum Gasteiger partial charge on any atom is -0.369 e. The molecule has 6 heteroatoms. The van der Waals surface area contributed by atoms with Crippen LogP contribution in [0.2, 0.25) is 5.02 Å². The molecule has 1 amide bonds. The van der Waals surface area contributed by atoms with Gasteiger partial charge >= 0.3 is 0 Å². The highest BCUT2D eigenvalue weighted by Gasteiger charge is 2.47. The van der Waals surface area contributed by atoms with E-state index in [-0.39, 0.29) is 5.41 Å². The van der Waals surface area contributed by atoms with Crippen LogP contribution in [0.1, 0.15) is 32.6 Å². The van der Waals surface area contributed by atoms with E-state index in [1.165, 1.54) is 5.69 Å². The maximum atomic E-state index is 12.7. The molecule has 1 aromatic rings. The molecule has 0 bridgehead atoms. The molecule has 0 unspecified atom stereocenters. The second-order valence-electron chi connectivity index (χ2n) is 8.69. The van der Waals surface area contributed by atoms with E-state index in [2.05, 4.69) is 39.1 Å². The predicted octanol–water partition coefficient (Wildman–Crippen LogP) is 2.84. The number of rotatable bonds is 5. The van der Waals surface area contributed by atoms with Crippen molar-refractivity contribution in [1.29, 1.82) is 0 Å². The van der Waals surface area contributed by atoms with Gasteiger partial charge in [0, 0.05) is 49.5 Å². The molecule has 3 aliphatic rings. The van der Waals surface area contributed by atoms with Gasteiger partial charge in [-0.2, -0.15) is 0 Å². The molecule has 3 fully saturated rings. The fraction of sp³-hybridized carbons (Fsp3) is 0.682. The highest BCUT2D eigenvalue weighted by Crippen LogP contribution is 2.41. The van der Waals surface area contributed by atoms with E-state index in [9.17, 15) is 4.79 Å². The Morgan fingerprint density at radius 3 is 2.54 bits per heavy atom. The number of nitrogens with one attached hydrogen (secondary N) is 1. The van der Waals surface area contributed by atoms with Crippen molar-refractivity contribution >= 4 is 23.2 Å². The number of carbonyl (C=O) groups is 1. The second-order valence-corrected chi connectivity index (χ2v) is 9.12. The van der Waals surface area contributed by atoms with Crippen LogP contribution in [0.3, 0.4) is 0 Å². The minimum absolute atomic E-state index is 0.0817. The number of piperidine rings is 1. The van der Waals surface area contributed by atoms with Crippen LogP contribution in [0.4, 0.5) is 5.69 Å². The van der Waals surface area contributed by atoms with E-state index in [1.54, 1.807) is 0 Å². The Kier molecular flexibility index (Phi) is 6.14. The van der Waals surface area contributed by atoms with Gasteiger partial charge < -0.3 is 15.1 Å². The summed E-state index contributed by atoms with van der Waals surface area (Å²) in [5, 5.41) is 4.12. The summed E-state index contributed by atoms with van der Waals surface area (Å²) in [4.78, 5) is 20.1. The number of nitrogens with zero attached hydrogens (tertiary/aromatic N) is 3. The van der Waals surface area contributed by atoms with Gasteiger partial charge in [0.15, 0.2) is 0 Å². The van der Waals surface area contributed by atoms with Gasteiger partial charge in [-0.25, -0.2) is 0 Å². The molecular weight excluding hydrogens is 372 g/mol. The van der Waals surface area contributed by atoms with Gasteiger partial charge in [-0.3, -0.25) is 9.69 Å². The summed E-state index contributed by atoms with van der Waals surface area (Å²) < 4.78 is 0. The SMILES string of the molecule is CCN1CCC2(CC1)C[C@H](CCN1CCN(c3cccc(Cl)c3)CC1)NC2=O. The third kappa shape index (κ3) is 4.32. The van der Waals surface area contributed by atoms with Gasteiger partial charge in [-0.15, -0.1) is 0 Å². The number of amides is 1. The van der Waals surface area contributed by atoms with Crippen LogP contribution in [-0.2, 0) is 4.79 Å². The molecule has 5 nitrogen and oxygen atoms in total. The average molecular weight is 405 g/mol. The first-order valence-electron chi connectivity index (χ1n) is 10.8. The van der Waals surface area contributed by atoms with Crippen molar-refractivity contribution in [1.82, 2.24) is 15.1 Å². The summed E-state index contributed by atoms with van der Waals surface area (Å²) in [5.41, 5.74) is 1.14. The van der Waals surface area contributed by atoms with Crippen molar-refractivity contribution < 1.29 is 4.79 Å². The molecule has 4 rings (SSSR count). The molecule has 3 saturated heterocycles. The number of anilines is 1. The number of piperazine rings is 1. The van der Waals surface area contributed by atoms with Gasteiger partial charge in [0.2, 0.25) is 5.91 Å². The van der Waals surface area contributed by atoms with Crippen LogP contribution >= 0.6 is 11.6 Å². The maximum Gasteiger partial charge on any atom is 0.226 e. The fourth-order valence-electron chi connectivity index (χ4n) is 5.10. The van der Waals surface area contributed by atoms with Crippen LogP contribution < -0.4 is 10.2 Å². The zero-order valence-corrected chi connectivity index (χ0v) is 17.8. The van der Waals surface area contributed by atoms with E-state index in [4.69, 9.17) is 11.6 Å². The number of carbonyl (C=O) groups excluding carboxylic acids is 1. The third-order valence-electron chi connectivity index (χ3n) is 7.05. The Morgan fingerprint density at radius 1 is 1.11 bits per heavy atom. The number of benzene rings is 1. The van der Waals surface area contributed by atoms with Crippen LogP contribution in [0.15, 0.2) is 24.3 Å². The van der Waals surface area contributed by atoms with Gasteiger partial charge in [-0.05, 0) is 63.5 Å². The fourth-order valence-corrected chi connectivity index (χ4v) is 5.28. The van der Waals surface area contributed by atoms with E-state index in [0.29, 0.717) is 11.9 Å². The topological polar surface area (TPSA) is 38.8 Å². The maximum absolute atomic E-state index is 12.7. The lowest BCUT2D eigenvalue weighted by Crippen LogP contribution is -2.47. The number of hydrogen-bond acceptors (Lipinski definition) is 4. The summed E-state index contributed by atoms with van der Waals surface area (Å²) >= 11 is 6.13. The third-order valence-corrected chi connectivity index (χ3v) is 7.29. The lowest BCUT2D eigenvalue weighted by molar-refractivity contribution is -0.130. The van der Waals surface area contributed by atoms with Crippen LogP contribution in [0.25, 0.3) is 0 Å². The molecule has 1 spiro atoms. The van der Waals surface area contributed by atoms with Crippen molar-refractivity contribution in [2.75, 3.05) is 57.3 Å². The predicted molar refractivity (Wildman–Crippen MR) is 115 cm³/mol. The molecule has 1 atom stereocenters. The van der Waals surface area contributed by atoms with Crippen molar-refractivity contribution in [3.05, 3.63) is 29.3 Å². The molecule has 154 valence electrons. The van der Waals surface area contributed by atoms with Crippen LogP contribution in [0, 0.1) is 5.41 Å². The highest BCUT2D eigenvalue weighted by molar-refractivity contribution is 6.30. The van der Waals surface area contributed by atoms with E-state index in [1.807, 2.05) is 12.1 Å². The molecule has 28 heavy (non-hydrogen) atoms. The lowest BCUT2D eigenvalue weighted by Gasteiger charge is -2.37. The van der Waals surface area contributed by atoms with Crippen molar-refractivity contribution in [3.8, 4) is 0 Å². The quantitative estimate of drug-likeness (QED) is 0.819. The molecule has 3 aliphatic heterocycles. The summed E-state index contributed by atoms with van der Waals surface area (Å²) in [5.74, 6) is 0.319. The van der Waals surface area contributed by atoms with Crippen molar-refractivity contribution in [2.45, 2.75) is 38.6 Å². The molecule has 0 aromatic heterocycles. The van der Waals surface area contributed by atoms with E-state index in [0.717, 1.165) is 83.1 Å². The second kappa shape index (κ2) is 8.60. The zero-order valence-electron chi connectivity index (χ0n) is 17.0. The molecular formula is C22H33ClN4O. The van der Waals surface area contributed by atoms with E-state index < -0.39 is 0 Å². The molecule has 1 aromatic carbocycles. The largest absolute Gasteiger partial charge is 0.369 e. The number of hydrogen-bond donors (Lipinski definition) is 1. The average Bonchev–Trinajstić information content (AvgIpc) is 3.02. The minimum atomic E-state index is -0.0817. The summed E-state index contributed by atoms with van der Waals surface area (Å²) in [7, 11) is 0. The first kappa shape index (κ1) is 20.0. The Bertz CT molecular complexity index is 681. The van der Waals surface area contributed by atoms with E-state index >= 15 is 0 Å². The Morgan fingerprint density at radius 2 is 1.86 bits per heavy atom.